The van der Waals surface area contributed by atoms with E-state index in [0.717, 1.165) is 6.07 Å². The zero-order chi connectivity index (χ0) is 20.5. The summed E-state index contributed by atoms with van der Waals surface area (Å²) >= 11 is 5.87. The lowest BCUT2D eigenvalue weighted by Gasteiger charge is -2.01. The highest BCUT2D eigenvalue weighted by molar-refractivity contribution is 6.31. The van der Waals surface area contributed by atoms with E-state index in [-0.39, 0.29) is 16.4 Å². The van der Waals surface area contributed by atoms with Gasteiger partial charge < -0.3 is 9.52 Å². The average Bonchev–Trinajstić information content (AvgIpc) is 3.12. The maximum Gasteiger partial charge on any atom is 0.312 e. The molecule has 1 N–H and O–H groups in total. The number of fused-ring (bicyclic) bond motifs is 1. The molecule has 0 unspecified atom stereocenters. The number of benzene rings is 3. The van der Waals surface area contributed by atoms with Crippen molar-refractivity contribution in [3.63, 3.8) is 0 Å². The summed E-state index contributed by atoms with van der Waals surface area (Å²) in [4.78, 5) is 18.9. The highest BCUT2D eigenvalue weighted by Gasteiger charge is 2.17. The van der Waals surface area contributed by atoms with Crippen LogP contribution < -0.4 is 0 Å². The predicted molar refractivity (Wildman–Crippen MR) is 106 cm³/mol. The number of nitro groups is 1. The molecule has 0 saturated carbocycles. The maximum atomic E-state index is 13.1. The number of rotatable bonds is 4. The van der Waals surface area contributed by atoms with Crippen molar-refractivity contribution < 1.29 is 18.8 Å². The summed E-state index contributed by atoms with van der Waals surface area (Å²) in [5.41, 5.74) is 1.76. The molecule has 1 heterocycles. The molecule has 0 spiro atoms. The fraction of sp³-hybridized carbons (Fsp3) is 0. The Labute approximate surface area is 167 Å². The van der Waals surface area contributed by atoms with E-state index in [4.69, 9.17) is 16.0 Å². The molecule has 4 aromatic rings. The highest BCUT2D eigenvalue weighted by atomic mass is 35.5. The monoisotopic (exact) mass is 411 g/mol. The molecule has 0 aliphatic heterocycles. The number of halogens is 2. The van der Waals surface area contributed by atoms with Crippen LogP contribution in [0.2, 0.25) is 5.02 Å². The van der Waals surface area contributed by atoms with Gasteiger partial charge in [0.15, 0.2) is 5.58 Å². The Morgan fingerprint density at radius 3 is 2.66 bits per heavy atom. The Kier molecular flexibility index (Phi) is 4.69. The van der Waals surface area contributed by atoms with Gasteiger partial charge in [0.1, 0.15) is 11.3 Å². The average molecular weight is 412 g/mol. The summed E-state index contributed by atoms with van der Waals surface area (Å²) in [6, 6.07) is 13.2. The van der Waals surface area contributed by atoms with E-state index in [1.807, 2.05) is 0 Å². The number of aromatic hydroxyl groups is 1. The van der Waals surface area contributed by atoms with Crippen LogP contribution in [0.5, 0.6) is 5.75 Å². The van der Waals surface area contributed by atoms with Gasteiger partial charge in [0, 0.05) is 28.4 Å². The Balaban J connectivity index is 1.67. The quantitative estimate of drug-likeness (QED) is 0.265. The molecule has 29 heavy (non-hydrogen) atoms. The molecule has 0 bridgehead atoms. The van der Waals surface area contributed by atoms with Crippen molar-refractivity contribution in [2.24, 2.45) is 4.99 Å². The second-order valence-corrected chi connectivity index (χ2v) is 6.49. The summed E-state index contributed by atoms with van der Waals surface area (Å²) in [7, 11) is 0. The highest BCUT2D eigenvalue weighted by Crippen LogP contribution is 2.33. The number of hydrogen-bond donors (Lipinski definition) is 1. The van der Waals surface area contributed by atoms with Gasteiger partial charge in [-0.05, 0) is 48.5 Å². The normalized spacial score (nSPS) is 11.4. The van der Waals surface area contributed by atoms with E-state index in [0.29, 0.717) is 28.2 Å². The van der Waals surface area contributed by atoms with Crippen molar-refractivity contribution in [3.05, 3.63) is 81.1 Å². The molecule has 4 rings (SSSR count). The minimum Gasteiger partial charge on any atom is -0.502 e. The maximum absolute atomic E-state index is 13.1. The molecule has 7 nitrogen and oxygen atoms in total. The third-order valence-electron chi connectivity index (χ3n) is 4.10. The van der Waals surface area contributed by atoms with Crippen LogP contribution in [0.15, 0.2) is 64.0 Å². The number of nitrogens with zero attached hydrogens (tertiary/aromatic N) is 3. The Hall–Kier alpha value is -3.78. The first kappa shape index (κ1) is 18.6. The van der Waals surface area contributed by atoms with Crippen LogP contribution in [0.3, 0.4) is 0 Å². The van der Waals surface area contributed by atoms with Gasteiger partial charge in [0.2, 0.25) is 11.6 Å². The molecule has 3 aromatic carbocycles. The van der Waals surface area contributed by atoms with Gasteiger partial charge in [0.25, 0.3) is 0 Å². The van der Waals surface area contributed by atoms with Crippen LogP contribution in [0, 0.1) is 15.9 Å². The van der Waals surface area contributed by atoms with E-state index in [9.17, 15) is 19.6 Å². The fourth-order valence-electron chi connectivity index (χ4n) is 2.70. The summed E-state index contributed by atoms with van der Waals surface area (Å²) < 4.78 is 18.7. The molecule has 1 aromatic heterocycles. The molecule has 0 fully saturated rings. The molecule has 0 saturated heterocycles. The lowest BCUT2D eigenvalue weighted by Crippen LogP contribution is -1.92. The van der Waals surface area contributed by atoms with Crippen LogP contribution in [0.1, 0.15) is 5.56 Å². The fourth-order valence-corrected chi connectivity index (χ4v) is 2.92. The van der Waals surface area contributed by atoms with E-state index in [1.165, 1.54) is 24.4 Å². The number of aliphatic imine (C=N–C) groups is 1. The zero-order valence-corrected chi connectivity index (χ0v) is 15.3. The van der Waals surface area contributed by atoms with Gasteiger partial charge in [-0.15, -0.1) is 0 Å². The second-order valence-electron chi connectivity index (χ2n) is 6.06. The minimum atomic E-state index is -0.725. The molecule has 0 aliphatic rings. The largest absolute Gasteiger partial charge is 0.502 e. The number of aromatic nitrogens is 1. The minimum absolute atomic E-state index is 0.104. The van der Waals surface area contributed by atoms with Gasteiger partial charge in [-0.25, -0.2) is 9.37 Å². The van der Waals surface area contributed by atoms with Gasteiger partial charge in [-0.2, -0.15) is 0 Å². The SMILES string of the molecule is O=[N+]([O-])c1cc(Cl)cc(C=Nc2ccc3oc(-c4ccc(F)cc4)nc3c2)c1O. The van der Waals surface area contributed by atoms with Gasteiger partial charge >= 0.3 is 5.69 Å². The number of nitro benzene ring substituents is 1. The number of phenols is 1. The molecule has 9 heteroatoms. The number of hydrogen-bond acceptors (Lipinski definition) is 6. The first-order valence-corrected chi connectivity index (χ1v) is 8.66. The van der Waals surface area contributed by atoms with Crippen molar-refractivity contribution >= 4 is 40.3 Å². The summed E-state index contributed by atoms with van der Waals surface area (Å²) in [5.74, 6) is -0.542. The second kappa shape index (κ2) is 7.33. The van der Waals surface area contributed by atoms with Crippen LogP contribution in [-0.4, -0.2) is 21.2 Å². The standard InChI is InChI=1S/C20H11ClFN3O4/c21-13-7-12(19(26)17(8-13)25(27)28)10-23-15-5-6-18-16(9-15)24-20(29-18)11-1-3-14(22)4-2-11/h1-10,26H. The smallest absolute Gasteiger partial charge is 0.312 e. The molecule has 0 radical (unpaired) electrons. The van der Waals surface area contributed by atoms with Crippen LogP contribution in [0.4, 0.5) is 15.8 Å². The molecular formula is C20H11ClFN3O4. The topological polar surface area (TPSA) is 102 Å². The molecule has 0 atom stereocenters. The van der Waals surface area contributed by atoms with Crippen LogP contribution in [-0.2, 0) is 0 Å². The third-order valence-corrected chi connectivity index (χ3v) is 4.31. The van der Waals surface area contributed by atoms with Gasteiger partial charge in [-0.3, -0.25) is 15.1 Å². The lowest BCUT2D eigenvalue weighted by molar-refractivity contribution is -0.385. The Morgan fingerprint density at radius 2 is 1.93 bits per heavy atom. The summed E-state index contributed by atoms with van der Waals surface area (Å²) in [5, 5.41) is 21.1. The molecule has 144 valence electrons. The van der Waals surface area contributed by atoms with E-state index >= 15 is 0 Å². The first-order valence-electron chi connectivity index (χ1n) is 8.28. The van der Waals surface area contributed by atoms with Crippen molar-refractivity contribution in [1.29, 1.82) is 0 Å². The molecular weight excluding hydrogens is 401 g/mol. The van der Waals surface area contributed by atoms with E-state index < -0.39 is 16.4 Å². The van der Waals surface area contributed by atoms with Crippen molar-refractivity contribution in [3.8, 4) is 17.2 Å². The van der Waals surface area contributed by atoms with Crippen molar-refractivity contribution in [2.75, 3.05) is 0 Å². The Morgan fingerprint density at radius 1 is 1.17 bits per heavy atom. The number of oxazole rings is 1. The molecule has 0 aliphatic carbocycles. The summed E-state index contributed by atoms with van der Waals surface area (Å²) in [6.07, 6.45) is 1.27. The predicted octanol–water partition coefficient (Wildman–Crippen LogP) is 5.65. The third kappa shape index (κ3) is 3.78. The van der Waals surface area contributed by atoms with Crippen molar-refractivity contribution in [2.45, 2.75) is 0 Å². The zero-order valence-electron chi connectivity index (χ0n) is 14.5. The van der Waals surface area contributed by atoms with Crippen LogP contribution in [0.25, 0.3) is 22.6 Å². The molecule has 0 amide bonds. The van der Waals surface area contributed by atoms with Gasteiger partial charge in [0.05, 0.1) is 10.6 Å². The lowest BCUT2D eigenvalue weighted by atomic mass is 10.2. The van der Waals surface area contributed by atoms with Gasteiger partial charge in [-0.1, -0.05) is 11.6 Å². The Bertz CT molecular complexity index is 1270. The first-order chi connectivity index (χ1) is 13.9. The summed E-state index contributed by atoms with van der Waals surface area (Å²) in [6.45, 7) is 0. The van der Waals surface area contributed by atoms with E-state index in [2.05, 4.69) is 9.98 Å². The van der Waals surface area contributed by atoms with Crippen molar-refractivity contribution in [1.82, 2.24) is 4.98 Å². The number of phenolic OH excluding ortho intramolecular Hbond substituents is 1. The van der Waals surface area contributed by atoms with Crippen LogP contribution >= 0.6 is 11.6 Å². The van der Waals surface area contributed by atoms with E-state index in [1.54, 1.807) is 30.3 Å².